The molecule has 0 aromatic rings. The Morgan fingerprint density at radius 1 is 1.00 bits per heavy atom. The maximum absolute atomic E-state index is 11.8. The second-order valence-electron chi connectivity index (χ2n) is 5.19. The van der Waals surface area contributed by atoms with Crippen LogP contribution in [0.15, 0.2) is 0 Å². The minimum absolute atomic E-state index is 0.161. The van der Waals surface area contributed by atoms with E-state index in [-0.39, 0.29) is 17.4 Å². The number of ether oxygens (including phenoxy) is 2. The van der Waals surface area contributed by atoms with Crippen LogP contribution in [0.4, 0.5) is 0 Å². The fourth-order valence-electron chi connectivity index (χ4n) is 3.82. The molecule has 1 spiro atoms. The highest BCUT2D eigenvalue weighted by atomic mass is 16.5. The van der Waals surface area contributed by atoms with E-state index in [1.165, 1.54) is 14.2 Å². The molecule has 16 heavy (non-hydrogen) atoms. The molecule has 5 heteroatoms. The van der Waals surface area contributed by atoms with Crippen molar-refractivity contribution in [2.75, 3.05) is 27.3 Å². The van der Waals surface area contributed by atoms with E-state index in [9.17, 15) is 9.59 Å². The van der Waals surface area contributed by atoms with E-state index in [1.807, 2.05) is 0 Å². The summed E-state index contributed by atoms with van der Waals surface area (Å²) in [5.74, 6) is -0.379. The first-order valence-electron chi connectivity index (χ1n) is 5.46. The standard InChI is InChI=1S/C11H15NO4/c1-15-7(13)9-3-11(9)4-10(11,6-12-5-9)8(14)16-2/h12H,3-6H2,1-2H3. The van der Waals surface area contributed by atoms with E-state index in [2.05, 4.69) is 5.32 Å². The van der Waals surface area contributed by atoms with Crippen LogP contribution in [-0.4, -0.2) is 39.2 Å². The molecule has 1 aliphatic heterocycles. The maximum atomic E-state index is 11.8. The molecular weight excluding hydrogens is 210 g/mol. The number of rotatable bonds is 2. The largest absolute Gasteiger partial charge is 0.469 e. The topological polar surface area (TPSA) is 64.6 Å². The van der Waals surface area contributed by atoms with Gasteiger partial charge in [0.15, 0.2) is 0 Å². The Morgan fingerprint density at radius 2 is 1.44 bits per heavy atom. The lowest BCUT2D eigenvalue weighted by Gasteiger charge is -2.25. The van der Waals surface area contributed by atoms with E-state index in [1.54, 1.807) is 0 Å². The fraction of sp³-hybridized carbons (Fsp3) is 0.818. The highest BCUT2D eigenvalue weighted by molar-refractivity contribution is 5.92. The van der Waals surface area contributed by atoms with Gasteiger partial charge in [0.05, 0.1) is 25.0 Å². The summed E-state index contributed by atoms with van der Waals surface area (Å²) in [5, 5.41) is 3.17. The minimum Gasteiger partial charge on any atom is -0.469 e. The maximum Gasteiger partial charge on any atom is 0.313 e. The number of piperidine rings is 1. The molecule has 3 fully saturated rings. The number of methoxy groups -OCH3 is 2. The third-order valence-corrected chi connectivity index (χ3v) is 4.80. The van der Waals surface area contributed by atoms with E-state index in [4.69, 9.17) is 9.47 Å². The van der Waals surface area contributed by atoms with Gasteiger partial charge in [-0.1, -0.05) is 0 Å². The van der Waals surface area contributed by atoms with Crippen LogP contribution >= 0.6 is 0 Å². The predicted octanol–water partition coefficient (Wildman–Crippen LogP) is -0.298. The van der Waals surface area contributed by atoms with Crippen molar-refractivity contribution in [2.45, 2.75) is 12.8 Å². The zero-order valence-corrected chi connectivity index (χ0v) is 9.46. The predicted molar refractivity (Wildman–Crippen MR) is 53.4 cm³/mol. The molecule has 0 aromatic carbocycles. The molecular formula is C11H15NO4. The van der Waals surface area contributed by atoms with Crippen LogP contribution in [0.25, 0.3) is 0 Å². The zero-order valence-electron chi connectivity index (χ0n) is 9.46. The highest BCUT2D eigenvalue weighted by Crippen LogP contribution is 2.89. The molecule has 2 atom stereocenters. The molecule has 0 radical (unpaired) electrons. The SMILES string of the molecule is COC(=O)C12CNCC3(C(=O)OC)CC13C2. The van der Waals surface area contributed by atoms with Crippen molar-refractivity contribution in [1.29, 1.82) is 0 Å². The Balaban J connectivity index is 1.92. The molecule has 2 unspecified atom stereocenters. The number of carbonyl (C=O) groups is 2. The first-order chi connectivity index (χ1) is 7.58. The second-order valence-corrected chi connectivity index (χ2v) is 5.19. The van der Waals surface area contributed by atoms with Gasteiger partial charge in [-0.2, -0.15) is 0 Å². The molecule has 2 saturated carbocycles. The second kappa shape index (κ2) is 2.59. The third kappa shape index (κ3) is 0.764. The monoisotopic (exact) mass is 225 g/mol. The number of carbonyl (C=O) groups excluding carboxylic acids is 2. The molecule has 1 N–H and O–H groups in total. The van der Waals surface area contributed by atoms with Crippen molar-refractivity contribution in [2.24, 2.45) is 16.2 Å². The summed E-state index contributed by atoms with van der Waals surface area (Å²) in [6.45, 7) is 1.25. The molecule has 3 rings (SSSR count). The lowest BCUT2D eigenvalue weighted by Crippen LogP contribution is -2.45. The Morgan fingerprint density at radius 3 is 1.81 bits per heavy atom. The van der Waals surface area contributed by atoms with Crippen molar-refractivity contribution in [1.82, 2.24) is 5.32 Å². The van der Waals surface area contributed by atoms with Gasteiger partial charge in [0.25, 0.3) is 0 Å². The summed E-state index contributed by atoms with van der Waals surface area (Å²) < 4.78 is 9.71. The van der Waals surface area contributed by atoms with Crippen LogP contribution < -0.4 is 5.32 Å². The molecule has 0 aromatic heterocycles. The molecule has 88 valence electrons. The van der Waals surface area contributed by atoms with E-state index >= 15 is 0 Å². The van der Waals surface area contributed by atoms with Gasteiger partial charge in [0.1, 0.15) is 0 Å². The van der Waals surface area contributed by atoms with Gasteiger partial charge < -0.3 is 14.8 Å². The smallest absolute Gasteiger partial charge is 0.313 e. The van der Waals surface area contributed by atoms with Gasteiger partial charge in [-0.25, -0.2) is 0 Å². The van der Waals surface area contributed by atoms with Crippen LogP contribution in [0.3, 0.4) is 0 Å². The normalized spacial score (nSPS) is 47.4. The van der Waals surface area contributed by atoms with Gasteiger partial charge in [-0.05, 0) is 12.8 Å². The number of esters is 2. The van der Waals surface area contributed by atoms with Gasteiger partial charge in [-0.15, -0.1) is 0 Å². The van der Waals surface area contributed by atoms with Crippen molar-refractivity contribution in [3.8, 4) is 0 Å². The van der Waals surface area contributed by atoms with Crippen LogP contribution in [0.5, 0.6) is 0 Å². The van der Waals surface area contributed by atoms with Gasteiger partial charge in [0.2, 0.25) is 0 Å². The lowest BCUT2D eigenvalue weighted by molar-refractivity contribution is -0.152. The lowest BCUT2D eigenvalue weighted by atomic mass is 9.90. The number of hydrogen-bond donors (Lipinski definition) is 1. The molecule has 3 aliphatic rings. The quantitative estimate of drug-likeness (QED) is 0.654. The molecule has 1 saturated heterocycles. The van der Waals surface area contributed by atoms with Gasteiger partial charge in [0, 0.05) is 18.5 Å². The van der Waals surface area contributed by atoms with Gasteiger partial charge in [-0.3, -0.25) is 9.59 Å². The summed E-state index contributed by atoms with van der Waals surface area (Å²) in [6, 6.07) is 0. The Bertz CT molecular complexity index is 357. The van der Waals surface area contributed by atoms with Crippen LogP contribution in [0.2, 0.25) is 0 Å². The van der Waals surface area contributed by atoms with Crippen molar-refractivity contribution >= 4 is 11.9 Å². The molecule has 0 bridgehead atoms. The van der Waals surface area contributed by atoms with Crippen molar-refractivity contribution in [3.63, 3.8) is 0 Å². The zero-order chi connectivity index (χ0) is 11.6. The van der Waals surface area contributed by atoms with Crippen molar-refractivity contribution < 1.29 is 19.1 Å². The summed E-state index contributed by atoms with van der Waals surface area (Å²) in [6.07, 6.45) is 1.52. The van der Waals surface area contributed by atoms with E-state index < -0.39 is 10.8 Å². The Labute approximate surface area is 93.5 Å². The molecule has 2 aliphatic carbocycles. The average Bonchev–Trinajstić information content (AvgIpc) is 3.14. The van der Waals surface area contributed by atoms with Crippen molar-refractivity contribution in [3.05, 3.63) is 0 Å². The average molecular weight is 225 g/mol. The van der Waals surface area contributed by atoms with Gasteiger partial charge >= 0.3 is 11.9 Å². The Hall–Kier alpha value is -1.10. The first-order valence-corrected chi connectivity index (χ1v) is 5.46. The first kappa shape index (κ1) is 10.1. The molecule has 5 nitrogen and oxygen atoms in total. The summed E-state index contributed by atoms with van der Waals surface area (Å²) in [5.41, 5.74) is -1.09. The number of nitrogens with one attached hydrogen (secondary N) is 1. The van der Waals surface area contributed by atoms with E-state index in [0.29, 0.717) is 13.1 Å². The van der Waals surface area contributed by atoms with Crippen LogP contribution in [-0.2, 0) is 19.1 Å². The highest BCUT2D eigenvalue weighted by Gasteiger charge is 2.93. The summed E-state index contributed by atoms with van der Waals surface area (Å²) in [4.78, 5) is 23.6. The van der Waals surface area contributed by atoms with Crippen LogP contribution in [0.1, 0.15) is 12.8 Å². The third-order valence-electron chi connectivity index (χ3n) is 4.80. The Kier molecular flexibility index (Phi) is 1.63. The van der Waals surface area contributed by atoms with E-state index in [0.717, 1.165) is 12.8 Å². The van der Waals surface area contributed by atoms with Crippen LogP contribution in [0, 0.1) is 16.2 Å². The summed E-state index contributed by atoms with van der Waals surface area (Å²) in [7, 11) is 2.81. The molecule has 0 amide bonds. The summed E-state index contributed by atoms with van der Waals surface area (Å²) >= 11 is 0. The minimum atomic E-state index is -0.464. The number of hydrogen-bond acceptors (Lipinski definition) is 5. The fourth-order valence-corrected chi connectivity index (χ4v) is 3.82. The molecule has 1 heterocycles.